The van der Waals surface area contributed by atoms with E-state index >= 15 is 0 Å². The number of hydrogen-bond acceptors (Lipinski definition) is 3. The smallest absolute Gasteiger partial charge is 0.431 e. The maximum absolute atomic E-state index is 13.6. The van der Waals surface area contributed by atoms with Crippen LogP contribution in [0.5, 0.6) is 0 Å². The minimum atomic E-state index is -4.72. The van der Waals surface area contributed by atoms with E-state index in [1.165, 1.54) is 12.1 Å². The molecular weight excluding hydrogens is 473 g/mol. The van der Waals surface area contributed by atoms with Gasteiger partial charge in [0.1, 0.15) is 18.3 Å². The molecule has 0 radical (unpaired) electrons. The van der Waals surface area contributed by atoms with E-state index in [4.69, 9.17) is 4.74 Å². The Balaban J connectivity index is 1.34. The molecule has 1 aliphatic carbocycles. The number of halogens is 3. The van der Waals surface area contributed by atoms with Crippen LogP contribution in [0.2, 0.25) is 0 Å². The van der Waals surface area contributed by atoms with E-state index in [-0.39, 0.29) is 29.0 Å². The number of para-hydroxylation sites is 1. The molecule has 184 valence electrons. The summed E-state index contributed by atoms with van der Waals surface area (Å²) >= 11 is 0. The van der Waals surface area contributed by atoms with Gasteiger partial charge in [-0.1, -0.05) is 66.7 Å². The van der Waals surface area contributed by atoms with Gasteiger partial charge in [0.05, 0.1) is 0 Å². The maximum Gasteiger partial charge on any atom is 0.431 e. The number of carbonyl (C=O) groups is 2. The molecule has 3 N–H and O–H groups in total. The molecule has 0 saturated carbocycles. The zero-order chi connectivity index (χ0) is 25.4. The molecule has 0 aliphatic heterocycles. The van der Waals surface area contributed by atoms with Crippen molar-refractivity contribution in [1.29, 1.82) is 0 Å². The summed E-state index contributed by atoms with van der Waals surface area (Å²) in [5, 5.41) is 12.1. The summed E-state index contributed by atoms with van der Waals surface area (Å²) in [5.41, 5.74) is 2.98. The van der Waals surface area contributed by atoms with Gasteiger partial charge in [0.25, 0.3) is 0 Å². The van der Waals surface area contributed by atoms with Crippen LogP contribution in [0.4, 0.5) is 18.0 Å². The summed E-state index contributed by atoms with van der Waals surface area (Å²) in [6.07, 6.45) is -6.31. The van der Waals surface area contributed by atoms with Crippen LogP contribution < -0.4 is 5.32 Å². The van der Waals surface area contributed by atoms with Crippen molar-refractivity contribution in [3.05, 3.63) is 95.2 Å². The van der Waals surface area contributed by atoms with Crippen LogP contribution in [0.25, 0.3) is 22.0 Å². The van der Waals surface area contributed by atoms with Crippen molar-refractivity contribution < 1.29 is 32.6 Å². The monoisotopic (exact) mass is 494 g/mol. The van der Waals surface area contributed by atoms with Gasteiger partial charge in [-0.3, -0.25) is 0 Å². The Kier molecular flexibility index (Phi) is 5.91. The van der Waals surface area contributed by atoms with Crippen molar-refractivity contribution in [1.82, 2.24) is 10.3 Å². The molecule has 0 unspecified atom stereocenters. The van der Waals surface area contributed by atoms with Crippen molar-refractivity contribution in [3.8, 4) is 11.1 Å². The summed E-state index contributed by atoms with van der Waals surface area (Å²) in [4.78, 5) is 26.8. The molecule has 0 saturated heterocycles. The quantitative estimate of drug-likeness (QED) is 0.320. The van der Waals surface area contributed by atoms with Crippen LogP contribution in [0.15, 0.2) is 72.8 Å². The molecule has 1 aliphatic rings. The number of alkyl carbamates (subject to hydrolysis) is 1. The largest absolute Gasteiger partial charge is 0.480 e. The van der Waals surface area contributed by atoms with E-state index in [0.717, 1.165) is 22.3 Å². The molecule has 1 heterocycles. The fraction of sp³-hybridized carbons (Fsp3) is 0.185. The van der Waals surface area contributed by atoms with Crippen molar-refractivity contribution in [2.45, 2.75) is 24.6 Å². The number of ether oxygens (including phenoxy) is 1. The number of aromatic amines is 1. The number of H-pyrrole nitrogens is 1. The average Bonchev–Trinajstić information content (AvgIpc) is 3.38. The summed E-state index contributed by atoms with van der Waals surface area (Å²) in [5.74, 6) is -1.71. The zero-order valence-electron chi connectivity index (χ0n) is 18.8. The third-order valence-corrected chi connectivity index (χ3v) is 6.44. The summed E-state index contributed by atoms with van der Waals surface area (Å²) in [7, 11) is 0. The number of aromatic nitrogens is 1. The molecule has 0 spiro atoms. The standard InChI is InChI=1S/C27H21F3N2O4/c28-27(29,30)24-20(19-11-5-6-12-22(19)31-24)13-23(25(33)34)32-26(35)36-14-21-17-9-3-1-7-15(17)16-8-2-4-10-18(16)21/h1-12,21,23,31H,13-14H2,(H,32,35)(H,33,34)/t23-/m0/s1. The number of carboxylic acid groups (broad SMARTS) is 1. The number of aliphatic carboxylic acids is 1. The van der Waals surface area contributed by atoms with E-state index in [9.17, 15) is 27.9 Å². The van der Waals surface area contributed by atoms with Gasteiger partial charge in [-0.2, -0.15) is 13.2 Å². The molecule has 0 fully saturated rings. The number of alkyl halides is 3. The Morgan fingerprint density at radius 2 is 1.53 bits per heavy atom. The van der Waals surface area contributed by atoms with Crippen molar-refractivity contribution in [3.63, 3.8) is 0 Å². The van der Waals surface area contributed by atoms with Gasteiger partial charge in [0, 0.05) is 23.2 Å². The van der Waals surface area contributed by atoms with Crippen molar-refractivity contribution >= 4 is 23.0 Å². The lowest BCUT2D eigenvalue weighted by molar-refractivity contribution is -0.143. The number of amides is 1. The predicted octanol–water partition coefficient (Wildman–Crippen LogP) is 5.72. The second kappa shape index (κ2) is 9.07. The van der Waals surface area contributed by atoms with E-state index in [1.807, 2.05) is 48.5 Å². The number of carbonyl (C=O) groups excluding carboxylic acids is 1. The lowest BCUT2D eigenvalue weighted by Crippen LogP contribution is -2.43. The van der Waals surface area contributed by atoms with Crippen LogP contribution >= 0.6 is 0 Å². The van der Waals surface area contributed by atoms with Crippen molar-refractivity contribution in [2.75, 3.05) is 6.61 Å². The molecule has 1 aromatic heterocycles. The summed E-state index contributed by atoms with van der Waals surface area (Å²) < 4.78 is 46.3. The lowest BCUT2D eigenvalue weighted by atomic mass is 9.98. The van der Waals surface area contributed by atoms with Gasteiger partial charge >= 0.3 is 18.2 Å². The topological polar surface area (TPSA) is 91.4 Å². The third-order valence-electron chi connectivity index (χ3n) is 6.44. The fourth-order valence-electron chi connectivity index (χ4n) is 4.84. The van der Waals surface area contributed by atoms with Gasteiger partial charge in [-0.15, -0.1) is 0 Å². The van der Waals surface area contributed by atoms with Gasteiger partial charge in [0.15, 0.2) is 0 Å². The highest BCUT2D eigenvalue weighted by molar-refractivity contribution is 5.87. The van der Waals surface area contributed by atoms with Crippen LogP contribution in [-0.4, -0.2) is 34.8 Å². The number of rotatable bonds is 6. The Morgan fingerprint density at radius 3 is 2.14 bits per heavy atom. The SMILES string of the molecule is O=C(N[C@@H](Cc1c(C(F)(F)F)[nH]c2ccccc12)C(=O)O)OCC1c2ccccc2-c2ccccc21. The highest BCUT2D eigenvalue weighted by atomic mass is 19.4. The average molecular weight is 494 g/mol. The Bertz CT molecular complexity index is 1420. The Labute approximate surface area is 203 Å². The third kappa shape index (κ3) is 4.28. The highest BCUT2D eigenvalue weighted by Crippen LogP contribution is 2.44. The number of benzene rings is 3. The molecule has 0 bridgehead atoms. The van der Waals surface area contributed by atoms with Crippen LogP contribution in [0, 0.1) is 0 Å². The summed E-state index contributed by atoms with van der Waals surface area (Å²) in [6.45, 7) is -0.0485. The Hall–Kier alpha value is -4.27. The highest BCUT2D eigenvalue weighted by Gasteiger charge is 2.38. The zero-order valence-corrected chi connectivity index (χ0v) is 18.8. The van der Waals surface area contributed by atoms with E-state index in [0.29, 0.717) is 0 Å². The van der Waals surface area contributed by atoms with Gasteiger partial charge < -0.3 is 20.1 Å². The number of nitrogens with one attached hydrogen (secondary N) is 2. The molecule has 1 atom stereocenters. The second-order valence-corrected chi connectivity index (χ2v) is 8.59. The lowest BCUT2D eigenvalue weighted by Gasteiger charge is -2.18. The predicted molar refractivity (Wildman–Crippen MR) is 127 cm³/mol. The Morgan fingerprint density at radius 1 is 0.944 bits per heavy atom. The summed E-state index contributed by atoms with van der Waals surface area (Å²) in [6, 6.07) is 19.9. The molecular formula is C27H21F3N2O4. The second-order valence-electron chi connectivity index (χ2n) is 8.59. The first-order valence-electron chi connectivity index (χ1n) is 11.2. The molecule has 36 heavy (non-hydrogen) atoms. The first-order valence-corrected chi connectivity index (χ1v) is 11.2. The van der Waals surface area contributed by atoms with Crippen LogP contribution in [-0.2, 0) is 22.1 Å². The minimum Gasteiger partial charge on any atom is -0.480 e. The van der Waals surface area contributed by atoms with Crippen LogP contribution in [0.3, 0.4) is 0 Å². The van der Waals surface area contributed by atoms with Gasteiger partial charge in [0.2, 0.25) is 0 Å². The fourth-order valence-corrected chi connectivity index (χ4v) is 4.84. The molecule has 5 rings (SSSR count). The molecule has 4 aromatic rings. The molecule has 3 aromatic carbocycles. The van der Waals surface area contributed by atoms with E-state index < -0.39 is 36.4 Å². The molecule has 1 amide bonds. The molecule has 9 heteroatoms. The molecule has 6 nitrogen and oxygen atoms in total. The first kappa shape index (κ1) is 23.5. The number of hydrogen-bond donors (Lipinski definition) is 3. The normalized spacial score (nSPS) is 13.8. The minimum absolute atomic E-state index is 0.0485. The first-order chi connectivity index (χ1) is 17.2. The van der Waals surface area contributed by atoms with E-state index in [2.05, 4.69) is 10.3 Å². The number of fused-ring (bicyclic) bond motifs is 4. The number of carboxylic acids is 1. The van der Waals surface area contributed by atoms with Crippen molar-refractivity contribution in [2.24, 2.45) is 0 Å². The van der Waals surface area contributed by atoms with Crippen LogP contribution in [0.1, 0.15) is 28.3 Å². The van der Waals surface area contributed by atoms with Gasteiger partial charge in [-0.05, 0) is 33.9 Å². The van der Waals surface area contributed by atoms with E-state index in [1.54, 1.807) is 12.1 Å². The van der Waals surface area contributed by atoms with Gasteiger partial charge in [-0.25, -0.2) is 9.59 Å². The maximum atomic E-state index is 13.6.